The van der Waals surface area contributed by atoms with Gasteiger partial charge in [-0.15, -0.1) is 0 Å². The highest BCUT2D eigenvalue weighted by atomic mass is 16.7. The quantitative estimate of drug-likeness (QED) is 0.239. The minimum Gasteiger partial charge on any atom is -0.388 e. The van der Waals surface area contributed by atoms with Gasteiger partial charge in [0.1, 0.15) is 48.8 Å². The highest BCUT2D eigenvalue weighted by molar-refractivity contribution is 5.82. The van der Waals surface area contributed by atoms with Gasteiger partial charge in [0.25, 0.3) is 0 Å². The summed E-state index contributed by atoms with van der Waals surface area (Å²) >= 11 is 0. The Bertz CT molecular complexity index is 559. The average molecular weight is 438 g/mol. The van der Waals surface area contributed by atoms with Crippen LogP contribution in [0.15, 0.2) is 0 Å². The van der Waals surface area contributed by atoms with Crippen molar-refractivity contribution in [2.75, 3.05) is 6.61 Å². The molecule has 2 aliphatic heterocycles. The van der Waals surface area contributed by atoms with Crippen LogP contribution in [-0.4, -0.2) is 111 Å². The minimum absolute atomic E-state index is 0.118. The van der Waals surface area contributed by atoms with Gasteiger partial charge in [0.05, 0.1) is 12.7 Å². The zero-order chi connectivity index (χ0) is 22.7. The highest BCUT2D eigenvalue weighted by Crippen LogP contribution is 2.26. The highest BCUT2D eigenvalue weighted by Gasteiger charge is 2.47. The van der Waals surface area contributed by atoms with Crippen LogP contribution in [0.25, 0.3) is 0 Å². The van der Waals surface area contributed by atoms with E-state index < -0.39 is 74.1 Å². The van der Waals surface area contributed by atoms with Crippen LogP contribution >= 0.6 is 0 Å². The second-order valence-electron chi connectivity index (χ2n) is 8.37. The fourth-order valence-electron chi connectivity index (χ4n) is 3.35. The van der Waals surface area contributed by atoms with Crippen molar-refractivity contribution in [1.29, 1.82) is 0 Å². The molecule has 0 bridgehead atoms. The number of Topliss-reactive ketones (excluding diaryl/α,β-unsaturated/α-hetero) is 1. The summed E-state index contributed by atoms with van der Waals surface area (Å²) in [5, 5.41) is 60.1. The van der Waals surface area contributed by atoms with Crippen molar-refractivity contribution in [3.8, 4) is 0 Å². The maximum Gasteiger partial charge on any atom is 0.187 e. The first-order valence-electron chi connectivity index (χ1n) is 10.1. The standard InChI is InChI=1S/C19H34O11/c1-7(2)5-10(20)8(3)28-19-17(26)15(24)13(22)11(30-19)6-27-18-16(25)14(23)12(21)9(4)29-18/h7-9,11-19,21-26H,5-6H2,1-4H3. The molecule has 0 amide bonds. The maximum absolute atomic E-state index is 12.1. The summed E-state index contributed by atoms with van der Waals surface area (Å²) in [5.74, 6) is -0.0815. The third-order valence-electron chi connectivity index (χ3n) is 5.30. The largest absolute Gasteiger partial charge is 0.388 e. The monoisotopic (exact) mass is 438 g/mol. The van der Waals surface area contributed by atoms with E-state index in [1.165, 1.54) is 13.8 Å². The van der Waals surface area contributed by atoms with E-state index in [0.717, 1.165) is 0 Å². The van der Waals surface area contributed by atoms with E-state index in [1.807, 2.05) is 13.8 Å². The smallest absolute Gasteiger partial charge is 0.187 e. The van der Waals surface area contributed by atoms with Gasteiger partial charge < -0.3 is 49.6 Å². The molecule has 0 aromatic rings. The van der Waals surface area contributed by atoms with Gasteiger partial charge in [-0.3, -0.25) is 4.79 Å². The van der Waals surface area contributed by atoms with E-state index in [4.69, 9.17) is 18.9 Å². The predicted octanol–water partition coefficient (Wildman–Crippen LogP) is -2.34. The van der Waals surface area contributed by atoms with Crippen LogP contribution < -0.4 is 0 Å². The number of carbonyl (C=O) groups excluding carboxylic acids is 1. The SMILES string of the molecule is CC(C)CC(=O)C(C)OC1OC(COC2OC(C)C(O)C(O)C2O)C(O)C(O)C1O. The topological polar surface area (TPSA) is 175 Å². The Morgan fingerprint density at radius 3 is 2.00 bits per heavy atom. The van der Waals surface area contributed by atoms with Crippen molar-refractivity contribution in [2.45, 2.75) is 102 Å². The molecule has 2 rings (SSSR count). The molecule has 2 fully saturated rings. The number of ether oxygens (including phenoxy) is 4. The number of ketones is 1. The van der Waals surface area contributed by atoms with Crippen LogP contribution in [0.3, 0.4) is 0 Å². The van der Waals surface area contributed by atoms with E-state index in [-0.39, 0.29) is 18.1 Å². The molecule has 0 aromatic carbocycles. The molecule has 6 N–H and O–H groups in total. The van der Waals surface area contributed by atoms with Crippen molar-refractivity contribution >= 4 is 5.78 Å². The predicted molar refractivity (Wildman–Crippen MR) is 100.0 cm³/mol. The summed E-state index contributed by atoms with van der Waals surface area (Å²) in [5.41, 5.74) is 0. The Morgan fingerprint density at radius 1 is 0.833 bits per heavy atom. The lowest BCUT2D eigenvalue weighted by atomic mass is 9.98. The molecule has 11 heteroatoms. The molecule has 11 atom stereocenters. The van der Waals surface area contributed by atoms with Crippen LogP contribution in [0.5, 0.6) is 0 Å². The van der Waals surface area contributed by atoms with Gasteiger partial charge in [-0.2, -0.15) is 0 Å². The summed E-state index contributed by atoms with van der Waals surface area (Å²) < 4.78 is 21.7. The molecule has 2 heterocycles. The second kappa shape index (κ2) is 10.7. The first-order valence-corrected chi connectivity index (χ1v) is 10.1. The zero-order valence-corrected chi connectivity index (χ0v) is 17.6. The van der Waals surface area contributed by atoms with Crippen LogP contribution in [0, 0.1) is 5.92 Å². The van der Waals surface area contributed by atoms with E-state index in [9.17, 15) is 35.4 Å². The van der Waals surface area contributed by atoms with E-state index in [2.05, 4.69) is 0 Å². The fourth-order valence-corrected chi connectivity index (χ4v) is 3.35. The number of hydrogen-bond donors (Lipinski definition) is 6. The number of rotatable bonds is 8. The summed E-state index contributed by atoms with van der Waals surface area (Å²) in [6, 6.07) is 0. The van der Waals surface area contributed by atoms with Gasteiger partial charge in [0.15, 0.2) is 18.4 Å². The molecule has 0 saturated carbocycles. The van der Waals surface area contributed by atoms with Crippen LogP contribution in [0.4, 0.5) is 0 Å². The molecular weight excluding hydrogens is 404 g/mol. The van der Waals surface area contributed by atoms with Gasteiger partial charge in [0, 0.05) is 6.42 Å². The lowest BCUT2D eigenvalue weighted by Gasteiger charge is -2.42. The summed E-state index contributed by atoms with van der Waals surface area (Å²) in [4.78, 5) is 12.1. The fraction of sp³-hybridized carbons (Fsp3) is 0.947. The summed E-state index contributed by atoms with van der Waals surface area (Å²) in [7, 11) is 0. The molecule has 0 aromatic heterocycles. The molecule has 0 radical (unpaired) electrons. The molecule has 11 unspecified atom stereocenters. The lowest BCUT2D eigenvalue weighted by Crippen LogP contribution is -2.61. The first-order chi connectivity index (χ1) is 13.9. The third kappa shape index (κ3) is 5.94. The molecule has 2 aliphatic rings. The molecule has 11 nitrogen and oxygen atoms in total. The third-order valence-corrected chi connectivity index (χ3v) is 5.30. The summed E-state index contributed by atoms with van der Waals surface area (Å²) in [6.45, 7) is 6.35. The number of aliphatic hydroxyl groups is 6. The van der Waals surface area contributed by atoms with Gasteiger partial charge in [0.2, 0.25) is 0 Å². The summed E-state index contributed by atoms with van der Waals surface area (Å²) in [6.07, 6.45) is -14.5. The molecular formula is C19H34O11. The Morgan fingerprint density at radius 2 is 1.40 bits per heavy atom. The number of hydrogen-bond acceptors (Lipinski definition) is 11. The van der Waals surface area contributed by atoms with Crippen LogP contribution in [0.2, 0.25) is 0 Å². The van der Waals surface area contributed by atoms with Crippen LogP contribution in [-0.2, 0) is 23.7 Å². The van der Waals surface area contributed by atoms with E-state index >= 15 is 0 Å². The van der Waals surface area contributed by atoms with Crippen molar-refractivity contribution < 1.29 is 54.4 Å². The molecule has 0 spiro atoms. The Hall–Kier alpha value is -0.730. The van der Waals surface area contributed by atoms with Gasteiger partial charge >= 0.3 is 0 Å². The Labute approximate surface area is 175 Å². The zero-order valence-electron chi connectivity index (χ0n) is 17.6. The van der Waals surface area contributed by atoms with Crippen molar-refractivity contribution in [2.24, 2.45) is 5.92 Å². The lowest BCUT2D eigenvalue weighted by molar-refractivity contribution is -0.331. The van der Waals surface area contributed by atoms with Crippen molar-refractivity contribution in [1.82, 2.24) is 0 Å². The Balaban J connectivity index is 1.98. The molecule has 30 heavy (non-hydrogen) atoms. The maximum atomic E-state index is 12.1. The van der Waals surface area contributed by atoms with Crippen LogP contribution in [0.1, 0.15) is 34.1 Å². The van der Waals surface area contributed by atoms with Crippen molar-refractivity contribution in [3.63, 3.8) is 0 Å². The van der Waals surface area contributed by atoms with Gasteiger partial charge in [-0.25, -0.2) is 0 Å². The normalized spacial score (nSPS) is 43.6. The van der Waals surface area contributed by atoms with E-state index in [0.29, 0.717) is 0 Å². The van der Waals surface area contributed by atoms with Gasteiger partial charge in [-0.1, -0.05) is 13.8 Å². The minimum atomic E-state index is -1.63. The van der Waals surface area contributed by atoms with Crippen molar-refractivity contribution in [3.05, 3.63) is 0 Å². The average Bonchev–Trinajstić information content (AvgIpc) is 2.68. The van der Waals surface area contributed by atoms with Gasteiger partial charge in [-0.05, 0) is 19.8 Å². The Kier molecular flexibility index (Phi) is 9.13. The first kappa shape index (κ1) is 25.5. The molecule has 176 valence electrons. The number of carbonyl (C=O) groups is 1. The number of aliphatic hydroxyl groups excluding tert-OH is 6. The van der Waals surface area contributed by atoms with E-state index in [1.54, 1.807) is 0 Å². The second-order valence-corrected chi connectivity index (χ2v) is 8.37. The molecule has 2 saturated heterocycles. The molecule has 0 aliphatic carbocycles.